The number of sulfonamides is 1. The Morgan fingerprint density at radius 3 is 2.58 bits per heavy atom. The summed E-state index contributed by atoms with van der Waals surface area (Å²) in [6.45, 7) is 1.46. The van der Waals surface area contributed by atoms with Gasteiger partial charge in [0.1, 0.15) is 5.75 Å². The number of hydrogen-bond acceptors (Lipinski definition) is 4. The van der Waals surface area contributed by atoms with E-state index in [0.29, 0.717) is 31.1 Å². The average Bonchev–Trinajstić information content (AvgIpc) is 2.56. The highest BCUT2D eigenvalue weighted by atomic mass is 35.5. The zero-order chi connectivity index (χ0) is 17.4. The molecule has 5 nitrogen and oxygen atoms in total. The van der Waals surface area contributed by atoms with Crippen LogP contribution < -0.4 is 15.2 Å². The van der Waals surface area contributed by atoms with E-state index in [0.717, 1.165) is 17.7 Å². The Balaban J connectivity index is 1.89. The summed E-state index contributed by atoms with van der Waals surface area (Å²) in [4.78, 5) is 0.200. The molecule has 0 fully saturated rings. The molecular formula is C17H21ClN2O3S. The number of nitrogens with one attached hydrogen (secondary N) is 1. The maximum atomic E-state index is 12.2. The second-order valence-electron chi connectivity index (χ2n) is 5.24. The molecule has 0 saturated heterocycles. The minimum Gasteiger partial charge on any atom is -0.494 e. The predicted molar refractivity (Wildman–Crippen MR) is 96.0 cm³/mol. The number of benzene rings is 2. The maximum absolute atomic E-state index is 12.2. The molecule has 0 heterocycles. The summed E-state index contributed by atoms with van der Waals surface area (Å²) >= 11 is 5.77. The number of hydrogen-bond donors (Lipinski definition) is 2. The van der Waals surface area contributed by atoms with Crippen molar-refractivity contribution in [2.45, 2.75) is 17.7 Å². The highest BCUT2D eigenvalue weighted by Crippen LogP contribution is 2.15. The summed E-state index contributed by atoms with van der Waals surface area (Å²) in [5.74, 6) is 0.765. The van der Waals surface area contributed by atoms with Gasteiger partial charge in [-0.15, -0.1) is 0 Å². The monoisotopic (exact) mass is 368 g/mol. The molecule has 3 N–H and O–H groups in total. The Bertz CT molecular complexity index is 749. The van der Waals surface area contributed by atoms with Crippen LogP contribution in [0, 0.1) is 0 Å². The molecule has 2 rings (SSSR count). The normalized spacial score (nSPS) is 11.4. The smallest absolute Gasteiger partial charge is 0.240 e. The molecule has 0 aromatic heterocycles. The molecule has 0 saturated carbocycles. The quantitative estimate of drug-likeness (QED) is 0.666. The van der Waals surface area contributed by atoms with E-state index in [-0.39, 0.29) is 4.90 Å². The molecule has 2 aromatic carbocycles. The molecule has 24 heavy (non-hydrogen) atoms. The Hall–Kier alpha value is -1.60. The van der Waals surface area contributed by atoms with Gasteiger partial charge in [0.05, 0.1) is 11.5 Å². The molecule has 0 spiro atoms. The first kappa shape index (κ1) is 18.7. The SMILES string of the molecule is NCCCOc1cccc(CCNS(=O)(=O)c2ccc(Cl)cc2)c1. The molecule has 0 atom stereocenters. The molecule has 0 radical (unpaired) electrons. The van der Waals surface area contributed by atoms with Crippen LogP contribution in [0.1, 0.15) is 12.0 Å². The molecule has 0 aliphatic carbocycles. The van der Waals surface area contributed by atoms with Crippen LogP contribution in [0.3, 0.4) is 0 Å². The van der Waals surface area contributed by atoms with E-state index >= 15 is 0 Å². The Morgan fingerprint density at radius 1 is 1.12 bits per heavy atom. The van der Waals surface area contributed by atoms with Crippen LogP contribution in [-0.2, 0) is 16.4 Å². The molecule has 0 aliphatic heterocycles. The molecular weight excluding hydrogens is 348 g/mol. The van der Waals surface area contributed by atoms with Crippen LogP contribution >= 0.6 is 11.6 Å². The summed E-state index contributed by atoms with van der Waals surface area (Å²) in [6.07, 6.45) is 1.37. The second-order valence-corrected chi connectivity index (χ2v) is 7.44. The third kappa shape index (κ3) is 5.79. The van der Waals surface area contributed by atoms with Crippen LogP contribution in [0.4, 0.5) is 0 Å². The summed E-state index contributed by atoms with van der Waals surface area (Å²) in [7, 11) is -3.53. The lowest BCUT2D eigenvalue weighted by Crippen LogP contribution is -2.25. The highest BCUT2D eigenvalue weighted by molar-refractivity contribution is 7.89. The third-order valence-electron chi connectivity index (χ3n) is 3.35. The van der Waals surface area contributed by atoms with Crippen LogP contribution in [0.2, 0.25) is 5.02 Å². The second kappa shape index (κ2) is 9.03. The topological polar surface area (TPSA) is 81.4 Å². The average molecular weight is 369 g/mol. The summed E-state index contributed by atoms with van der Waals surface area (Å²) in [5, 5.41) is 0.500. The number of ether oxygens (including phenoxy) is 1. The van der Waals surface area contributed by atoms with Gasteiger partial charge >= 0.3 is 0 Å². The Labute approximate surface area is 147 Å². The van der Waals surface area contributed by atoms with Crippen molar-refractivity contribution in [1.82, 2.24) is 4.72 Å². The van der Waals surface area contributed by atoms with Gasteiger partial charge in [-0.1, -0.05) is 23.7 Å². The first-order valence-electron chi connectivity index (χ1n) is 7.68. The van der Waals surface area contributed by atoms with Crippen molar-refractivity contribution in [3.63, 3.8) is 0 Å². The van der Waals surface area contributed by atoms with Crippen molar-refractivity contribution in [2.24, 2.45) is 5.73 Å². The van der Waals surface area contributed by atoms with Gasteiger partial charge in [-0.05, 0) is 61.3 Å². The third-order valence-corrected chi connectivity index (χ3v) is 5.07. The Kier molecular flexibility index (Phi) is 7.05. The number of nitrogens with two attached hydrogens (primary N) is 1. The van der Waals surface area contributed by atoms with E-state index in [4.69, 9.17) is 22.1 Å². The van der Waals surface area contributed by atoms with Crippen molar-refractivity contribution in [3.05, 3.63) is 59.1 Å². The lowest BCUT2D eigenvalue weighted by molar-refractivity contribution is 0.313. The van der Waals surface area contributed by atoms with Crippen molar-refractivity contribution >= 4 is 21.6 Å². The van der Waals surface area contributed by atoms with Gasteiger partial charge in [0.2, 0.25) is 10.0 Å². The summed E-state index contributed by atoms with van der Waals surface area (Å²) in [5.41, 5.74) is 6.43. The predicted octanol–water partition coefficient (Wildman–Crippen LogP) is 2.59. The van der Waals surface area contributed by atoms with Gasteiger partial charge in [0.15, 0.2) is 0 Å². The molecule has 0 unspecified atom stereocenters. The van der Waals surface area contributed by atoms with Gasteiger partial charge in [-0.2, -0.15) is 0 Å². The van der Waals surface area contributed by atoms with Gasteiger partial charge in [-0.25, -0.2) is 13.1 Å². The fraction of sp³-hybridized carbons (Fsp3) is 0.294. The van der Waals surface area contributed by atoms with E-state index < -0.39 is 10.0 Å². The number of halogens is 1. The lowest BCUT2D eigenvalue weighted by atomic mass is 10.1. The first-order chi connectivity index (χ1) is 11.5. The van der Waals surface area contributed by atoms with Crippen molar-refractivity contribution in [3.8, 4) is 5.75 Å². The Morgan fingerprint density at radius 2 is 1.88 bits per heavy atom. The first-order valence-corrected chi connectivity index (χ1v) is 9.54. The molecule has 7 heteroatoms. The van der Waals surface area contributed by atoms with Crippen LogP contribution in [0.15, 0.2) is 53.4 Å². The zero-order valence-corrected chi connectivity index (χ0v) is 14.8. The minimum atomic E-state index is -3.53. The standard InChI is InChI=1S/C17H21ClN2O3S/c18-15-5-7-17(8-6-15)24(21,22)20-11-9-14-3-1-4-16(13-14)23-12-2-10-19/h1,3-8,13,20H,2,9-12,19H2. The van der Waals surface area contributed by atoms with Crippen LogP contribution in [0.25, 0.3) is 0 Å². The molecule has 0 amide bonds. The van der Waals surface area contributed by atoms with Crippen LogP contribution in [-0.4, -0.2) is 28.1 Å². The molecule has 0 aliphatic rings. The fourth-order valence-corrected chi connectivity index (χ4v) is 3.25. The number of rotatable bonds is 9. The van der Waals surface area contributed by atoms with E-state index in [2.05, 4.69) is 4.72 Å². The highest BCUT2D eigenvalue weighted by Gasteiger charge is 2.12. The molecule has 2 aromatic rings. The maximum Gasteiger partial charge on any atom is 0.240 e. The van der Waals surface area contributed by atoms with E-state index in [1.807, 2.05) is 24.3 Å². The van der Waals surface area contributed by atoms with Gasteiger partial charge < -0.3 is 10.5 Å². The largest absolute Gasteiger partial charge is 0.494 e. The fourth-order valence-electron chi connectivity index (χ4n) is 2.09. The van der Waals surface area contributed by atoms with Crippen molar-refractivity contribution < 1.29 is 13.2 Å². The van der Waals surface area contributed by atoms with Gasteiger partial charge in [0, 0.05) is 11.6 Å². The van der Waals surface area contributed by atoms with E-state index in [1.165, 1.54) is 12.1 Å². The lowest BCUT2D eigenvalue weighted by Gasteiger charge is -2.09. The zero-order valence-electron chi connectivity index (χ0n) is 13.2. The molecule has 0 bridgehead atoms. The summed E-state index contributed by atoms with van der Waals surface area (Å²) < 4.78 is 32.5. The summed E-state index contributed by atoms with van der Waals surface area (Å²) in [6, 6.07) is 13.7. The van der Waals surface area contributed by atoms with E-state index in [1.54, 1.807) is 12.1 Å². The van der Waals surface area contributed by atoms with Crippen molar-refractivity contribution in [2.75, 3.05) is 19.7 Å². The minimum absolute atomic E-state index is 0.200. The van der Waals surface area contributed by atoms with E-state index in [9.17, 15) is 8.42 Å². The van der Waals surface area contributed by atoms with Crippen molar-refractivity contribution in [1.29, 1.82) is 0 Å². The van der Waals surface area contributed by atoms with Gasteiger partial charge in [0.25, 0.3) is 0 Å². The van der Waals surface area contributed by atoms with Crippen LogP contribution in [0.5, 0.6) is 5.75 Å². The van der Waals surface area contributed by atoms with Gasteiger partial charge in [-0.3, -0.25) is 0 Å². The molecule has 130 valence electrons.